The molecule has 72 valence electrons. The molecule has 0 amide bonds. The summed E-state index contributed by atoms with van der Waals surface area (Å²) in [5.74, 6) is 0. The van der Waals surface area contributed by atoms with E-state index in [-0.39, 0.29) is 0 Å². The van der Waals surface area contributed by atoms with Crippen LogP contribution < -0.4 is 0 Å². The molecule has 0 nitrogen and oxygen atoms in total. The topological polar surface area (TPSA) is 0 Å². The molecular weight excluding hydrogens is 263 g/mol. The van der Waals surface area contributed by atoms with Crippen LogP contribution >= 0.6 is 0 Å². The fourth-order valence-electron chi connectivity index (χ4n) is 1.43. The number of allylic oxidation sites excluding steroid dienone is 4. The molecule has 0 aromatic rings. The average Bonchev–Trinajstić information content (AvgIpc) is 2.05. The normalized spacial score (nSPS) is 10.8. The second kappa shape index (κ2) is 6.25. The summed E-state index contributed by atoms with van der Waals surface area (Å²) in [6.07, 6.45) is 8.93. The molecule has 0 rings (SSSR count). The van der Waals surface area contributed by atoms with Gasteiger partial charge < -0.3 is 0 Å². The van der Waals surface area contributed by atoms with Gasteiger partial charge in [0.25, 0.3) is 0 Å². The van der Waals surface area contributed by atoms with Gasteiger partial charge in [-0.25, -0.2) is 0 Å². The fourth-order valence-corrected chi connectivity index (χ4v) is 3.66. The molecule has 0 N–H and O–H groups in total. The van der Waals surface area contributed by atoms with Gasteiger partial charge in [0.2, 0.25) is 0 Å². The number of hydrogen-bond donors (Lipinski definition) is 0. The van der Waals surface area contributed by atoms with E-state index in [0.717, 1.165) is 19.3 Å². The summed E-state index contributed by atoms with van der Waals surface area (Å²) >= 11 is 0.532. The number of rotatable bonds is 7. The van der Waals surface area contributed by atoms with Gasteiger partial charge in [0.1, 0.15) is 0 Å². The summed E-state index contributed by atoms with van der Waals surface area (Å²) < 4.78 is 0.319. The summed E-state index contributed by atoms with van der Waals surface area (Å²) in [5, 5.41) is 0. The predicted octanol–water partition coefficient (Wildman–Crippen LogP) is 2.80. The van der Waals surface area contributed by atoms with E-state index in [1.165, 1.54) is 5.57 Å². The Balaban J connectivity index is 4.53. The van der Waals surface area contributed by atoms with E-state index < -0.39 is 0 Å². The van der Waals surface area contributed by atoms with E-state index in [2.05, 4.69) is 26.3 Å². The Hall–Kier alpha value is -0.241. The van der Waals surface area contributed by atoms with Crippen molar-refractivity contribution < 1.29 is 0 Å². The fraction of sp³-hybridized carbons (Fsp3) is 0.333. The molecular formula is C12H20Sn. The van der Waals surface area contributed by atoms with Crippen molar-refractivity contribution in [1.29, 1.82) is 0 Å². The summed E-state index contributed by atoms with van der Waals surface area (Å²) in [5.41, 5.74) is 1.30. The molecule has 0 radical (unpaired) electrons. The van der Waals surface area contributed by atoms with Gasteiger partial charge in [-0.05, 0) is 0 Å². The molecule has 0 aliphatic carbocycles. The first kappa shape index (κ1) is 12.8. The maximum absolute atomic E-state index is 4.14. The van der Waals surface area contributed by atoms with E-state index in [1.54, 1.807) is 0 Å². The Bertz CT molecular complexity index is 203. The van der Waals surface area contributed by atoms with Gasteiger partial charge in [-0.1, -0.05) is 0 Å². The second-order valence-corrected chi connectivity index (χ2v) is 9.11. The molecule has 0 saturated carbocycles. The van der Waals surface area contributed by atoms with Crippen LogP contribution in [0.15, 0.2) is 50.1 Å². The van der Waals surface area contributed by atoms with Crippen molar-refractivity contribution in [2.45, 2.75) is 22.7 Å². The van der Waals surface area contributed by atoms with Gasteiger partial charge in [0.05, 0.1) is 0 Å². The van der Waals surface area contributed by atoms with Gasteiger partial charge in [0.15, 0.2) is 0 Å². The monoisotopic (exact) mass is 284 g/mol. The Morgan fingerprint density at radius 1 is 1.08 bits per heavy atom. The van der Waals surface area contributed by atoms with Gasteiger partial charge in [0, 0.05) is 0 Å². The van der Waals surface area contributed by atoms with Crippen LogP contribution in [0.3, 0.4) is 0 Å². The molecule has 0 aliphatic heterocycles. The van der Waals surface area contributed by atoms with Crippen molar-refractivity contribution in [2.75, 3.05) is 0 Å². The molecule has 0 atom stereocenters. The summed E-state index contributed by atoms with van der Waals surface area (Å²) in [6.45, 7) is 15.5. The Morgan fingerprint density at radius 2 is 1.54 bits per heavy atom. The molecule has 0 heterocycles. The molecule has 0 aliphatic rings. The van der Waals surface area contributed by atoms with Gasteiger partial charge >= 0.3 is 95.3 Å². The third-order valence-electron chi connectivity index (χ3n) is 2.43. The van der Waals surface area contributed by atoms with Crippen molar-refractivity contribution in [1.82, 2.24) is 0 Å². The van der Waals surface area contributed by atoms with Crippen LogP contribution in [-0.2, 0) is 0 Å². The number of hydrogen-bond acceptors (Lipinski definition) is 0. The van der Waals surface area contributed by atoms with Crippen LogP contribution in [-0.4, -0.2) is 22.5 Å². The van der Waals surface area contributed by atoms with Crippen LogP contribution in [0.5, 0.6) is 0 Å². The van der Waals surface area contributed by atoms with Crippen LogP contribution in [0.4, 0.5) is 0 Å². The van der Waals surface area contributed by atoms with Crippen LogP contribution in [0.2, 0.25) is 3.43 Å². The van der Waals surface area contributed by atoms with Gasteiger partial charge in [-0.15, -0.1) is 0 Å². The van der Waals surface area contributed by atoms with Gasteiger partial charge in [-0.2, -0.15) is 0 Å². The zero-order valence-corrected chi connectivity index (χ0v) is 14.4. The van der Waals surface area contributed by atoms with Crippen molar-refractivity contribution in [3.05, 3.63) is 50.1 Å². The molecule has 0 bridgehead atoms. The second-order valence-electron chi connectivity index (χ2n) is 3.64. The molecule has 1 heteroatoms. The minimum absolute atomic E-state index is 0.319. The van der Waals surface area contributed by atoms with E-state index in [0.29, 0.717) is 26.0 Å². The molecule has 0 fully saturated rings. The third kappa shape index (κ3) is 3.99. The third-order valence-corrected chi connectivity index (χ3v) is 6.78. The van der Waals surface area contributed by atoms with E-state index in [1.807, 2.05) is 18.2 Å². The van der Waals surface area contributed by atoms with Crippen LogP contribution in [0, 0.1) is 0 Å². The van der Waals surface area contributed by atoms with Crippen molar-refractivity contribution in [3.63, 3.8) is 0 Å². The van der Waals surface area contributed by atoms with Gasteiger partial charge in [-0.3, -0.25) is 0 Å². The minimum atomic E-state index is 0.319. The molecule has 0 aromatic heterocycles. The summed E-state index contributed by atoms with van der Waals surface area (Å²) in [4.78, 5) is 0. The quantitative estimate of drug-likeness (QED) is 0.498. The molecule has 13 heavy (non-hydrogen) atoms. The molecule has 0 unspecified atom stereocenters. The predicted molar refractivity (Wildman–Crippen MR) is 66.2 cm³/mol. The molecule has 0 aromatic carbocycles. The first-order valence-corrected chi connectivity index (χ1v) is 7.47. The Morgan fingerprint density at radius 3 is 1.85 bits per heavy atom. The van der Waals surface area contributed by atoms with Crippen molar-refractivity contribution in [3.8, 4) is 0 Å². The van der Waals surface area contributed by atoms with Crippen molar-refractivity contribution >= 4 is 22.5 Å². The first-order chi connectivity index (χ1) is 6.10. The molecule has 0 spiro atoms. The standard InChI is InChI=1S/C12H17.Sn.3H/c1-5-8-11(4)12(9-6-2)10-7-3;;;;/h5-7H,1-4,8-10H2;;;;. The van der Waals surface area contributed by atoms with Crippen molar-refractivity contribution in [2.24, 2.45) is 0 Å². The van der Waals surface area contributed by atoms with E-state index >= 15 is 0 Å². The molecule has 0 saturated heterocycles. The zero-order chi connectivity index (χ0) is 10.3. The first-order valence-electron chi connectivity index (χ1n) is 4.61. The SMILES string of the molecule is C=CCC(=C)[C]([SnH3])(CC=C)CC=C. The maximum atomic E-state index is 4.14. The Labute approximate surface area is 95.2 Å². The summed E-state index contributed by atoms with van der Waals surface area (Å²) in [6, 6.07) is 0. The van der Waals surface area contributed by atoms with Crippen LogP contribution in [0.1, 0.15) is 19.3 Å². The Kier molecular flexibility index (Phi) is 6.13. The van der Waals surface area contributed by atoms with E-state index in [4.69, 9.17) is 0 Å². The summed E-state index contributed by atoms with van der Waals surface area (Å²) in [7, 11) is 0. The average molecular weight is 283 g/mol. The van der Waals surface area contributed by atoms with Crippen LogP contribution in [0.25, 0.3) is 0 Å². The van der Waals surface area contributed by atoms with E-state index in [9.17, 15) is 0 Å². The zero-order valence-electron chi connectivity index (χ0n) is 8.68.